The first-order valence-corrected chi connectivity index (χ1v) is 5.86. The van der Waals surface area contributed by atoms with Crippen LogP contribution in [-0.2, 0) is 0 Å². The molecule has 5 heteroatoms. The van der Waals surface area contributed by atoms with Gasteiger partial charge in [0.1, 0.15) is 0 Å². The second-order valence-corrected chi connectivity index (χ2v) is 4.00. The number of nitriles is 2. The summed E-state index contributed by atoms with van der Waals surface area (Å²) in [5.41, 5.74) is 0.398. The van der Waals surface area contributed by atoms with E-state index in [1.807, 2.05) is 12.1 Å². The average Bonchev–Trinajstić information content (AvgIpc) is 2.39. The molecule has 0 atom stereocenters. The molecule has 1 aromatic carbocycles. The summed E-state index contributed by atoms with van der Waals surface area (Å²) in [6.45, 7) is 0.616. The number of carbonyl (C=O) groups excluding carboxylic acids is 1. The molecule has 0 heterocycles. The van der Waals surface area contributed by atoms with E-state index in [1.165, 1.54) is 4.90 Å². The van der Waals surface area contributed by atoms with Crippen molar-refractivity contribution in [2.45, 2.75) is 12.8 Å². The van der Waals surface area contributed by atoms with E-state index >= 15 is 0 Å². The van der Waals surface area contributed by atoms with Crippen molar-refractivity contribution in [3.8, 4) is 12.1 Å². The van der Waals surface area contributed by atoms with E-state index in [0.29, 0.717) is 23.7 Å². The lowest BCUT2D eigenvalue weighted by Crippen LogP contribution is -2.32. The highest BCUT2D eigenvalue weighted by atomic mass is 35.5. The Balaban J connectivity index is 2.85. The van der Waals surface area contributed by atoms with Gasteiger partial charge in [-0.05, 0) is 12.1 Å². The Hall–Kier alpha value is -2.04. The molecule has 0 aromatic heterocycles. The Morgan fingerprint density at radius 3 is 2.22 bits per heavy atom. The zero-order chi connectivity index (χ0) is 13.4. The molecule has 0 fully saturated rings. The van der Waals surface area contributed by atoms with Gasteiger partial charge in [-0.25, -0.2) is 0 Å². The first-order chi connectivity index (χ1) is 8.70. The maximum atomic E-state index is 12.2. The van der Waals surface area contributed by atoms with Crippen molar-refractivity contribution in [3.63, 3.8) is 0 Å². The minimum Gasteiger partial charge on any atom is -0.337 e. The molecule has 0 aliphatic rings. The van der Waals surface area contributed by atoms with Crippen LogP contribution in [0, 0.1) is 22.7 Å². The fraction of sp³-hybridized carbons (Fsp3) is 0.308. The minimum atomic E-state index is -0.244. The van der Waals surface area contributed by atoms with Crippen LogP contribution < -0.4 is 0 Å². The van der Waals surface area contributed by atoms with E-state index in [0.717, 1.165) is 0 Å². The Morgan fingerprint density at radius 1 is 1.17 bits per heavy atom. The second-order valence-electron chi connectivity index (χ2n) is 3.59. The molecular formula is C13H12ClN3O. The molecule has 0 N–H and O–H groups in total. The van der Waals surface area contributed by atoms with E-state index < -0.39 is 0 Å². The molecule has 0 radical (unpaired) electrons. The van der Waals surface area contributed by atoms with Crippen LogP contribution in [0.2, 0.25) is 5.02 Å². The SMILES string of the molecule is N#CCCN(CCC#N)C(=O)c1ccccc1Cl. The molecule has 1 rings (SSSR count). The Morgan fingerprint density at radius 2 is 1.72 bits per heavy atom. The van der Waals surface area contributed by atoms with Crippen LogP contribution in [0.1, 0.15) is 23.2 Å². The monoisotopic (exact) mass is 261 g/mol. The first-order valence-electron chi connectivity index (χ1n) is 5.48. The highest BCUT2D eigenvalue weighted by molar-refractivity contribution is 6.33. The van der Waals surface area contributed by atoms with Crippen LogP contribution in [0.25, 0.3) is 0 Å². The van der Waals surface area contributed by atoms with Crippen LogP contribution >= 0.6 is 11.6 Å². The summed E-state index contributed by atoms with van der Waals surface area (Å²) < 4.78 is 0. The third kappa shape index (κ3) is 3.76. The van der Waals surface area contributed by atoms with E-state index in [9.17, 15) is 4.79 Å². The van der Waals surface area contributed by atoms with Crippen LogP contribution in [0.5, 0.6) is 0 Å². The summed E-state index contributed by atoms with van der Waals surface area (Å²) in [6, 6.07) is 10.7. The van der Waals surface area contributed by atoms with Gasteiger partial charge in [-0.2, -0.15) is 10.5 Å². The maximum Gasteiger partial charge on any atom is 0.255 e. The molecule has 4 nitrogen and oxygen atoms in total. The molecule has 18 heavy (non-hydrogen) atoms. The van der Waals surface area contributed by atoms with Gasteiger partial charge < -0.3 is 4.90 Å². The third-order valence-electron chi connectivity index (χ3n) is 2.38. The molecule has 0 spiro atoms. The average molecular weight is 262 g/mol. The maximum absolute atomic E-state index is 12.2. The number of rotatable bonds is 5. The summed E-state index contributed by atoms with van der Waals surface area (Å²) >= 11 is 5.95. The van der Waals surface area contributed by atoms with Crippen LogP contribution in [0.4, 0.5) is 0 Å². The standard InChI is InChI=1S/C13H12ClN3O/c14-12-6-2-1-5-11(12)13(18)17(9-3-7-15)10-4-8-16/h1-2,5-6H,3-4,9-10H2. The fourth-order valence-electron chi connectivity index (χ4n) is 1.49. The predicted molar refractivity (Wildman–Crippen MR) is 67.8 cm³/mol. The largest absolute Gasteiger partial charge is 0.337 e. The fourth-order valence-corrected chi connectivity index (χ4v) is 1.71. The molecule has 0 bridgehead atoms. The number of hydrogen-bond donors (Lipinski definition) is 0. The van der Waals surface area contributed by atoms with Gasteiger partial charge in [-0.15, -0.1) is 0 Å². The molecule has 1 amide bonds. The summed E-state index contributed by atoms with van der Waals surface area (Å²) in [7, 11) is 0. The van der Waals surface area contributed by atoms with Gasteiger partial charge in [0.05, 0.1) is 35.6 Å². The van der Waals surface area contributed by atoms with Crippen molar-refractivity contribution < 1.29 is 4.79 Å². The Labute approximate surface area is 111 Å². The second kappa shape index (κ2) is 7.32. The number of benzene rings is 1. The van der Waals surface area contributed by atoms with E-state index in [1.54, 1.807) is 24.3 Å². The topological polar surface area (TPSA) is 67.9 Å². The number of halogens is 1. The summed E-state index contributed by atoms with van der Waals surface area (Å²) in [4.78, 5) is 13.7. The summed E-state index contributed by atoms with van der Waals surface area (Å²) in [5.74, 6) is -0.244. The number of amides is 1. The van der Waals surface area contributed by atoms with Gasteiger partial charge in [-0.1, -0.05) is 23.7 Å². The molecular weight excluding hydrogens is 250 g/mol. The quantitative estimate of drug-likeness (QED) is 0.818. The van der Waals surface area contributed by atoms with Crippen LogP contribution in [-0.4, -0.2) is 23.9 Å². The molecule has 1 aromatic rings. The van der Waals surface area contributed by atoms with Crippen molar-refractivity contribution in [1.82, 2.24) is 4.90 Å². The summed E-state index contributed by atoms with van der Waals surface area (Å²) in [6.07, 6.45) is 0.475. The molecule has 0 aliphatic heterocycles. The van der Waals surface area contributed by atoms with E-state index in [4.69, 9.17) is 22.1 Å². The van der Waals surface area contributed by atoms with E-state index in [-0.39, 0.29) is 18.7 Å². The molecule has 92 valence electrons. The lowest BCUT2D eigenvalue weighted by Gasteiger charge is -2.20. The molecule has 0 saturated heterocycles. The Bertz CT molecular complexity index is 484. The van der Waals surface area contributed by atoms with E-state index in [2.05, 4.69) is 0 Å². The highest BCUT2D eigenvalue weighted by Gasteiger charge is 2.17. The van der Waals surface area contributed by atoms with Gasteiger partial charge in [0.2, 0.25) is 0 Å². The number of carbonyl (C=O) groups is 1. The lowest BCUT2D eigenvalue weighted by atomic mass is 10.2. The van der Waals surface area contributed by atoms with Crippen molar-refractivity contribution in [1.29, 1.82) is 10.5 Å². The first kappa shape index (κ1) is 14.0. The predicted octanol–water partition coefficient (Wildman–Crippen LogP) is 2.61. The van der Waals surface area contributed by atoms with Gasteiger partial charge >= 0.3 is 0 Å². The normalized spacial score (nSPS) is 9.28. The zero-order valence-corrected chi connectivity index (χ0v) is 10.5. The van der Waals surface area contributed by atoms with Gasteiger partial charge in [0.15, 0.2) is 0 Å². The third-order valence-corrected chi connectivity index (χ3v) is 2.71. The molecule has 0 aliphatic carbocycles. The van der Waals surface area contributed by atoms with Gasteiger partial charge in [-0.3, -0.25) is 4.79 Å². The van der Waals surface area contributed by atoms with Crippen molar-refractivity contribution in [3.05, 3.63) is 34.9 Å². The van der Waals surface area contributed by atoms with Gasteiger partial charge in [0, 0.05) is 13.1 Å². The summed E-state index contributed by atoms with van der Waals surface area (Å²) in [5, 5.41) is 17.5. The highest BCUT2D eigenvalue weighted by Crippen LogP contribution is 2.17. The number of hydrogen-bond acceptors (Lipinski definition) is 3. The van der Waals surface area contributed by atoms with Crippen LogP contribution in [0.15, 0.2) is 24.3 Å². The van der Waals surface area contributed by atoms with Gasteiger partial charge in [0.25, 0.3) is 5.91 Å². The lowest BCUT2D eigenvalue weighted by molar-refractivity contribution is 0.0762. The molecule has 0 unspecified atom stereocenters. The molecule has 0 saturated carbocycles. The van der Waals surface area contributed by atoms with Crippen molar-refractivity contribution in [2.24, 2.45) is 0 Å². The Kier molecular flexibility index (Phi) is 5.70. The number of nitrogens with zero attached hydrogens (tertiary/aromatic N) is 3. The zero-order valence-electron chi connectivity index (χ0n) is 9.77. The van der Waals surface area contributed by atoms with Crippen molar-refractivity contribution in [2.75, 3.05) is 13.1 Å². The smallest absolute Gasteiger partial charge is 0.255 e. The van der Waals surface area contributed by atoms with Crippen LogP contribution in [0.3, 0.4) is 0 Å². The van der Waals surface area contributed by atoms with Crippen molar-refractivity contribution >= 4 is 17.5 Å². The minimum absolute atomic E-state index is 0.238.